The van der Waals surface area contributed by atoms with Crippen molar-refractivity contribution in [1.29, 1.82) is 0 Å². The van der Waals surface area contributed by atoms with Crippen LogP contribution in [-0.2, 0) is 9.53 Å². The molecule has 0 aromatic rings. The summed E-state index contributed by atoms with van der Waals surface area (Å²) in [7, 11) is 0. The van der Waals surface area contributed by atoms with Crippen LogP contribution in [0.4, 0.5) is 0 Å². The first-order chi connectivity index (χ1) is 5.07. The van der Waals surface area contributed by atoms with Gasteiger partial charge >= 0.3 is 5.97 Å². The van der Waals surface area contributed by atoms with E-state index < -0.39 is 5.97 Å². The Bertz CT molecular complexity index is 192. The van der Waals surface area contributed by atoms with Crippen LogP contribution in [0, 0.1) is 0 Å². The molecule has 0 aliphatic rings. The van der Waals surface area contributed by atoms with E-state index in [1.807, 2.05) is 0 Å². The van der Waals surface area contributed by atoms with Crippen LogP contribution in [0.15, 0.2) is 24.2 Å². The van der Waals surface area contributed by atoms with Gasteiger partial charge in [-0.1, -0.05) is 13.5 Å². The Labute approximate surface area is 66.0 Å². The van der Waals surface area contributed by atoms with E-state index in [1.54, 1.807) is 13.8 Å². The topological polar surface area (TPSA) is 46.5 Å². The Hall–Kier alpha value is -1.25. The number of aliphatic hydroxyl groups is 1. The smallest absolute Gasteiger partial charge is 0.338 e. The molecule has 62 valence electrons. The van der Waals surface area contributed by atoms with Crippen molar-refractivity contribution in [1.82, 2.24) is 0 Å². The van der Waals surface area contributed by atoms with E-state index in [9.17, 15) is 4.79 Å². The van der Waals surface area contributed by atoms with Crippen LogP contribution in [0.1, 0.15) is 20.3 Å². The number of carbonyl (C=O) groups is 1. The van der Waals surface area contributed by atoms with Crippen LogP contribution in [0.2, 0.25) is 0 Å². The molecule has 0 spiro atoms. The first kappa shape index (κ1) is 9.75. The molecular weight excluding hydrogens is 144 g/mol. The molecule has 0 radical (unpaired) electrons. The number of hydrogen-bond donors (Lipinski definition) is 1. The molecule has 0 saturated carbocycles. The van der Waals surface area contributed by atoms with Gasteiger partial charge in [0.1, 0.15) is 12.0 Å². The number of rotatable bonds is 3. The summed E-state index contributed by atoms with van der Waals surface area (Å²) in [5.74, 6) is -0.482. The van der Waals surface area contributed by atoms with Gasteiger partial charge in [-0.05, 0) is 6.92 Å². The Morgan fingerprint density at radius 1 is 1.73 bits per heavy atom. The van der Waals surface area contributed by atoms with Crippen LogP contribution < -0.4 is 0 Å². The molecule has 1 N–H and O–H groups in total. The molecule has 0 amide bonds. The normalized spacial score (nSPS) is 10.9. The lowest BCUT2D eigenvalue weighted by molar-refractivity contribution is -0.133. The average Bonchev–Trinajstić information content (AvgIpc) is 1.99. The molecule has 0 atom stereocenters. The fourth-order valence-electron chi connectivity index (χ4n) is 0.305. The first-order valence-corrected chi connectivity index (χ1v) is 3.32. The summed E-state index contributed by atoms with van der Waals surface area (Å²) < 4.78 is 4.51. The zero-order chi connectivity index (χ0) is 8.85. The number of allylic oxidation sites excluding steroid dienone is 1. The summed E-state index contributed by atoms with van der Waals surface area (Å²) in [6.07, 6.45) is 1.47. The Kier molecular flexibility index (Phi) is 4.03. The lowest BCUT2D eigenvalue weighted by Crippen LogP contribution is -2.00. The highest BCUT2D eigenvalue weighted by molar-refractivity contribution is 5.87. The van der Waals surface area contributed by atoms with E-state index in [1.165, 1.54) is 0 Å². The summed E-state index contributed by atoms with van der Waals surface area (Å²) in [4.78, 5) is 10.7. The predicted octanol–water partition coefficient (Wildman–Crippen LogP) is 1.92. The molecule has 0 rings (SSSR count). The quantitative estimate of drug-likeness (QED) is 0.385. The molecule has 11 heavy (non-hydrogen) atoms. The van der Waals surface area contributed by atoms with Crippen LogP contribution in [-0.4, -0.2) is 11.1 Å². The second kappa shape index (κ2) is 4.55. The second-order valence-electron chi connectivity index (χ2n) is 2.15. The molecule has 0 saturated heterocycles. The molecule has 0 bridgehead atoms. The SMILES string of the molecule is C=C(C)C(=O)O/C=C(/O)CC. The Balaban J connectivity index is 3.88. The summed E-state index contributed by atoms with van der Waals surface area (Å²) in [5.41, 5.74) is 0.310. The largest absolute Gasteiger partial charge is 0.509 e. The van der Waals surface area contributed by atoms with Gasteiger partial charge in [0.15, 0.2) is 0 Å². The lowest BCUT2D eigenvalue weighted by atomic mass is 10.4. The van der Waals surface area contributed by atoms with Gasteiger partial charge in [0.2, 0.25) is 0 Å². The van der Waals surface area contributed by atoms with E-state index in [-0.39, 0.29) is 5.76 Å². The highest BCUT2D eigenvalue weighted by Crippen LogP contribution is 1.98. The van der Waals surface area contributed by atoms with E-state index in [4.69, 9.17) is 5.11 Å². The van der Waals surface area contributed by atoms with Crippen molar-refractivity contribution in [3.8, 4) is 0 Å². The van der Waals surface area contributed by atoms with Crippen LogP contribution in [0.25, 0.3) is 0 Å². The summed E-state index contributed by atoms with van der Waals surface area (Å²) in [6.45, 7) is 6.66. The number of aliphatic hydroxyl groups excluding tert-OH is 1. The number of ether oxygens (including phenoxy) is 1. The summed E-state index contributed by atoms with van der Waals surface area (Å²) >= 11 is 0. The van der Waals surface area contributed by atoms with Gasteiger partial charge < -0.3 is 9.84 Å². The molecule has 3 heteroatoms. The molecule has 0 aliphatic carbocycles. The first-order valence-electron chi connectivity index (χ1n) is 3.32. The minimum Gasteiger partial charge on any atom is -0.509 e. The zero-order valence-electron chi connectivity index (χ0n) is 6.76. The number of carbonyl (C=O) groups excluding carboxylic acids is 1. The second-order valence-corrected chi connectivity index (χ2v) is 2.15. The van der Waals surface area contributed by atoms with Gasteiger partial charge in [-0.3, -0.25) is 0 Å². The van der Waals surface area contributed by atoms with Crippen molar-refractivity contribution in [2.45, 2.75) is 20.3 Å². The molecule has 0 heterocycles. The molecular formula is C8H12O3. The fourth-order valence-corrected chi connectivity index (χ4v) is 0.305. The standard InChI is InChI=1S/C8H12O3/c1-4-7(9)5-11-8(10)6(2)3/h5,9H,2,4H2,1,3H3/b7-5+. The van der Waals surface area contributed by atoms with Crippen LogP contribution >= 0.6 is 0 Å². The Morgan fingerprint density at radius 3 is 2.64 bits per heavy atom. The molecule has 3 nitrogen and oxygen atoms in total. The van der Waals surface area contributed by atoms with E-state index in [0.29, 0.717) is 12.0 Å². The third-order valence-electron chi connectivity index (χ3n) is 1.01. The van der Waals surface area contributed by atoms with Gasteiger partial charge in [-0.2, -0.15) is 0 Å². The third-order valence-corrected chi connectivity index (χ3v) is 1.01. The molecule has 0 aliphatic heterocycles. The summed E-state index contributed by atoms with van der Waals surface area (Å²) in [6, 6.07) is 0. The van der Waals surface area contributed by atoms with Crippen molar-refractivity contribution >= 4 is 5.97 Å². The monoisotopic (exact) mass is 156 g/mol. The van der Waals surface area contributed by atoms with Crippen molar-refractivity contribution in [2.24, 2.45) is 0 Å². The molecule has 0 aromatic heterocycles. The molecule has 0 fully saturated rings. The van der Waals surface area contributed by atoms with E-state index in [0.717, 1.165) is 6.26 Å². The minimum atomic E-state index is -0.523. The maximum atomic E-state index is 10.7. The van der Waals surface area contributed by atoms with Crippen molar-refractivity contribution in [3.63, 3.8) is 0 Å². The fraction of sp³-hybridized carbons (Fsp3) is 0.375. The highest BCUT2D eigenvalue weighted by atomic mass is 16.5. The van der Waals surface area contributed by atoms with Gasteiger partial charge in [0.25, 0.3) is 0 Å². The maximum absolute atomic E-state index is 10.7. The zero-order valence-corrected chi connectivity index (χ0v) is 6.76. The molecule has 0 unspecified atom stereocenters. The number of esters is 1. The maximum Gasteiger partial charge on any atom is 0.338 e. The average molecular weight is 156 g/mol. The van der Waals surface area contributed by atoms with Crippen LogP contribution in [0.5, 0.6) is 0 Å². The van der Waals surface area contributed by atoms with Crippen molar-refractivity contribution in [3.05, 3.63) is 24.2 Å². The van der Waals surface area contributed by atoms with Gasteiger partial charge in [0.05, 0.1) is 0 Å². The summed E-state index contributed by atoms with van der Waals surface area (Å²) in [5, 5.41) is 8.84. The lowest BCUT2D eigenvalue weighted by Gasteiger charge is -1.97. The van der Waals surface area contributed by atoms with E-state index >= 15 is 0 Å². The van der Waals surface area contributed by atoms with Gasteiger partial charge in [-0.15, -0.1) is 0 Å². The van der Waals surface area contributed by atoms with Crippen molar-refractivity contribution < 1.29 is 14.6 Å². The minimum absolute atomic E-state index is 0.0413. The predicted molar refractivity (Wildman–Crippen MR) is 41.9 cm³/mol. The van der Waals surface area contributed by atoms with E-state index in [2.05, 4.69) is 11.3 Å². The molecule has 0 aromatic carbocycles. The highest BCUT2D eigenvalue weighted by Gasteiger charge is 2.00. The van der Waals surface area contributed by atoms with Gasteiger partial charge in [-0.25, -0.2) is 4.79 Å². The van der Waals surface area contributed by atoms with Crippen LogP contribution in [0.3, 0.4) is 0 Å². The Morgan fingerprint density at radius 2 is 2.27 bits per heavy atom. The third kappa shape index (κ3) is 4.19. The van der Waals surface area contributed by atoms with Gasteiger partial charge in [0, 0.05) is 12.0 Å². The van der Waals surface area contributed by atoms with Crippen molar-refractivity contribution in [2.75, 3.05) is 0 Å². The number of hydrogen-bond acceptors (Lipinski definition) is 3.